The summed E-state index contributed by atoms with van der Waals surface area (Å²) in [6, 6.07) is 3.70. The summed E-state index contributed by atoms with van der Waals surface area (Å²) in [5, 5.41) is 20.2. The van der Waals surface area contributed by atoms with Crippen LogP contribution in [0.3, 0.4) is 0 Å². The molecule has 3 rings (SSSR count). The summed E-state index contributed by atoms with van der Waals surface area (Å²) in [6.07, 6.45) is 5.67. The van der Waals surface area contributed by atoms with Gasteiger partial charge in [0.2, 0.25) is 5.91 Å². The van der Waals surface area contributed by atoms with Crippen LogP contribution in [0.5, 0.6) is 17.2 Å². The number of hydrogen-bond donors (Lipinski definition) is 2. The fourth-order valence-electron chi connectivity index (χ4n) is 4.73. The van der Waals surface area contributed by atoms with Gasteiger partial charge < -0.3 is 24.6 Å². The zero-order chi connectivity index (χ0) is 26.3. The van der Waals surface area contributed by atoms with E-state index in [2.05, 4.69) is 25.8 Å². The Morgan fingerprint density at radius 1 is 1.11 bits per heavy atom. The van der Waals surface area contributed by atoms with Crippen LogP contribution in [0.1, 0.15) is 52.0 Å². The number of rotatable bonds is 7. The Labute approximate surface area is 208 Å². The van der Waals surface area contributed by atoms with Crippen LogP contribution in [0, 0.1) is 5.92 Å². The van der Waals surface area contributed by atoms with Gasteiger partial charge in [-0.05, 0) is 33.2 Å². The number of hydrogen-bond acceptors (Lipinski definition) is 6. The van der Waals surface area contributed by atoms with Crippen molar-refractivity contribution in [2.75, 3.05) is 34.4 Å². The number of nitrogens with zero attached hydrogens (tertiary/aromatic N) is 2. The molecule has 194 valence electrons. The van der Waals surface area contributed by atoms with Crippen LogP contribution in [-0.2, 0) is 9.59 Å². The number of carboxylic acid groups (broad SMARTS) is 1. The third kappa shape index (κ3) is 6.57. The van der Waals surface area contributed by atoms with Gasteiger partial charge in [-0.15, -0.1) is 0 Å². The maximum Gasteiger partial charge on any atom is 0.335 e. The first-order valence-corrected chi connectivity index (χ1v) is 12.2. The van der Waals surface area contributed by atoms with Gasteiger partial charge in [0.15, 0.2) is 0 Å². The number of piperazine rings is 1. The van der Waals surface area contributed by atoms with Crippen molar-refractivity contribution >= 4 is 11.9 Å². The second kappa shape index (κ2) is 12.6. The molecule has 1 aliphatic heterocycles. The molecule has 0 spiro atoms. The van der Waals surface area contributed by atoms with Gasteiger partial charge in [0.1, 0.15) is 17.2 Å². The normalized spacial score (nSPS) is 23.0. The highest BCUT2D eigenvalue weighted by Gasteiger charge is 2.35. The lowest BCUT2D eigenvalue weighted by Gasteiger charge is -2.43. The Morgan fingerprint density at radius 2 is 1.74 bits per heavy atom. The molecule has 1 aliphatic carbocycles. The first kappa shape index (κ1) is 28.2. The fraction of sp³-hybridized carbons (Fsp3) is 0.556. The molecule has 1 saturated heterocycles. The van der Waals surface area contributed by atoms with Crippen molar-refractivity contribution in [2.45, 2.75) is 58.5 Å². The summed E-state index contributed by atoms with van der Waals surface area (Å²) in [5.74, 6) is -0.670. The number of ether oxygens (including phenoxy) is 2. The predicted octanol–water partition coefficient (Wildman–Crippen LogP) is 4.05. The lowest BCUT2D eigenvalue weighted by molar-refractivity contribution is -0.136. The minimum Gasteiger partial charge on any atom is -0.507 e. The topological polar surface area (TPSA) is 99.5 Å². The molecule has 1 fully saturated rings. The number of allylic oxidation sites excluding steroid dienone is 2. The first-order valence-electron chi connectivity index (χ1n) is 12.2. The molecule has 0 radical (unpaired) electrons. The summed E-state index contributed by atoms with van der Waals surface area (Å²) in [7, 11) is 5.09. The number of aliphatic carboxylic acids is 1. The van der Waals surface area contributed by atoms with Crippen molar-refractivity contribution in [3.8, 4) is 17.2 Å². The zero-order valence-electron chi connectivity index (χ0n) is 21.9. The highest BCUT2D eigenvalue weighted by Crippen LogP contribution is 2.45. The van der Waals surface area contributed by atoms with E-state index in [-0.39, 0.29) is 41.7 Å². The van der Waals surface area contributed by atoms with E-state index < -0.39 is 11.9 Å². The standard InChI is InChI=1S/C25H34N2O6.C2H6/c1-15-13-27(14-16(2)26(15)3)23(29)12-20(17-6-8-18(9-7-17)25(30)31)24-21(28)10-19(32-4)11-22(24)33-5;1-2/h6,8-11,15-17,20,28H,7,12-14H2,1-5H3,(H,30,31);1-2H3. The number of carbonyl (C=O) groups excluding carboxylic acids is 1. The monoisotopic (exact) mass is 488 g/mol. The Balaban J connectivity index is 0.00000210. The molecule has 0 saturated carbocycles. The quantitative estimate of drug-likeness (QED) is 0.597. The van der Waals surface area contributed by atoms with E-state index in [0.717, 1.165) is 0 Å². The minimum atomic E-state index is -0.984. The van der Waals surface area contributed by atoms with Crippen LogP contribution in [0.4, 0.5) is 0 Å². The van der Waals surface area contributed by atoms with Crippen LogP contribution in [0.15, 0.2) is 35.9 Å². The van der Waals surface area contributed by atoms with Gasteiger partial charge in [0.25, 0.3) is 0 Å². The third-order valence-corrected chi connectivity index (χ3v) is 6.92. The zero-order valence-corrected chi connectivity index (χ0v) is 21.9. The molecular formula is C27H40N2O6. The second-order valence-corrected chi connectivity index (χ2v) is 8.96. The van der Waals surface area contributed by atoms with Gasteiger partial charge in [-0.1, -0.05) is 32.1 Å². The van der Waals surface area contributed by atoms with Crippen molar-refractivity contribution in [1.82, 2.24) is 9.80 Å². The molecule has 1 heterocycles. The van der Waals surface area contributed by atoms with Gasteiger partial charge >= 0.3 is 5.97 Å². The number of aromatic hydroxyl groups is 1. The van der Waals surface area contributed by atoms with Gasteiger partial charge in [-0.25, -0.2) is 4.79 Å². The minimum absolute atomic E-state index is 0.00508. The SMILES string of the molecule is CC.COc1cc(O)c(C(CC(=O)N2CC(C)N(C)C(C)C2)C2C=CC(C(=O)O)=CC2)c(OC)c1. The number of methoxy groups -OCH3 is 2. The fourth-order valence-corrected chi connectivity index (χ4v) is 4.73. The summed E-state index contributed by atoms with van der Waals surface area (Å²) in [6.45, 7) is 9.49. The van der Waals surface area contributed by atoms with Crippen LogP contribution >= 0.6 is 0 Å². The molecule has 35 heavy (non-hydrogen) atoms. The van der Waals surface area contributed by atoms with E-state index >= 15 is 0 Å². The van der Waals surface area contributed by atoms with E-state index in [4.69, 9.17) is 9.47 Å². The van der Waals surface area contributed by atoms with Gasteiger partial charge in [0.05, 0.1) is 19.8 Å². The Hall–Kier alpha value is -3.00. The molecule has 1 aromatic rings. The predicted molar refractivity (Wildman–Crippen MR) is 136 cm³/mol. The van der Waals surface area contributed by atoms with Gasteiger partial charge in [0, 0.05) is 55.2 Å². The van der Waals surface area contributed by atoms with E-state index in [1.54, 1.807) is 18.2 Å². The van der Waals surface area contributed by atoms with Crippen molar-refractivity contribution in [1.29, 1.82) is 0 Å². The summed E-state index contributed by atoms with van der Waals surface area (Å²) in [4.78, 5) is 29.0. The molecule has 4 atom stereocenters. The first-order chi connectivity index (χ1) is 16.7. The highest BCUT2D eigenvalue weighted by molar-refractivity contribution is 5.90. The third-order valence-electron chi connectivity index (χ3n) is 6.92. The van der Waals surface area contributed by atoms with E-state index in [0.29, 0.717) is 36.6 Å². The van der Waals surface area contributed by atoms with Crippen molar-refractivity contribution < 1.29 is 29.3 Å². The molecule has 1 aromatic carbocycles. The van der Waals surface area contributed by atoms with E-state index in [1.165, 1.54) is 20.3 Å². The molecule has 2 N–H and O–H groups in total. The molecule has 8 heteroatoms. The smallest absolute Gasteiger partial charge is 0.335 e. The van der Waals surface area contributed by atoms with Crippen LogP contribution in [0.25, 0.3) is 0 Å². The number of phenols is 1. The second-order valence-electron chi connectivity index (χ2n) is 8.96. The summed E-state index contributed by atoms with van der Waals surface area (Å²) < 4.78 is 10.8. The van der Waals surface area contributed by atoms with Crippen LogP contribution < -0.4 is 9.47 Å². The van der Waals surface area contributed by atoms with E-state index in [9.17, 15) is 19.8 Å². The lowest BCUT2D eigenvalue weighted by Crippen LogP contribution is -2.56. The molecule has 1 amide bonds. The van der Waals surface area contributed by atoms with Gasteiger partial charge in [-0.3, -0.25) is 9.69 Å². The number of carbonyl (C=O) groups is 2. The van der Waals surface area contributed by atoms with Crippen molar-refractivity contribution in [3.05, 3.63) is 41.5 Å². The Kier molecular flexibility index (Phi) is 10.2. The molecule has 0 aromatic heterocycles. The maximum atomic E-state index is 13.5. The van der Waals surface area contributed by atoms with Crippen molar-refractivity contribution in [2.24, 2.45) is 5.92 Å². The molecule has 2 aliphatic rings. The molecule has 4 unspecified atom stereocenters. The van der Waals surface area contributed by atoms with Crippen LogP contribution in [0.2, 0.25) is 0 Å². The lowest BCUT2D eigenvalue weighted by atomic mass is 9.78. The average molecular weight is 489 g/mol. The molecule has 0 bridgehead atoms. The number of carboxylic acids is 1. The van der Waals surface area contributed by atoms with Gasteiger partial charge in [-0.2, -0.15) is 0 Å². The molecule has 8 nitrogen and oxygen atoms in total. The van der Waals surface area contributed by atoms with Crippen molar-refractivity contribution in [3.63, 3.8) is 0 Å². The van der Waals surface area contributed by atoms with E-state index in [1.807, 2.05) is 24.8 Å². The number of likely N-dealkylation sites (N-methyl/N-ethyl adjacent to an activating group) is 1. The van der Waals surface area contributed by atoms with Crippen LogP contribution in [-0.4, -0.2) is 78.3 Å². The summed E-state index contributed by atoms with van der Waals surface area (Å²) >= 11 is 0. The summed E-state index contributed by atoms with van der Waals surface area (Å²) in [5.41, 5.74) is 0.757. The number of phenolic OH excluding ortho intramolecular Hbond substituents is 1. The average Bonchev–Trinajstić information content (AvgIpc) is 2.86. The Bertz CT molecular complexity index is 945. The molecular weight excluding hydrogens is 448 g/mol. The number of amides is 1. The largest absolute Gasteiger partial charge is 0.507 e. The Morgan fingerprint density at radius 3 is 2.23 bits per heavy atom. The highest BCUT2D eigenvalue weighted by atomic mass is 16.5. The number of benzene rings is 1. The maximum absolute atomic E-state index is 13.5.